The minimum absolute atomic E-state index is 0.0831. The zero-order chi connectivity index (χ0) is 17.9. The van der Waals surface area contributed by atoms with Crippen LogP contribution in [0.25, 0.3) is 16.6 Å². The van der Waals surface area contributed by atoms with E-state index in [4.69, 9.17) is 4.74 Å². The first-order valence-electron chi connectivity index (χ1n) is 8.37. The topological polar surface area (TPSA) is 43.3 Å². The van der Waals surface area contributed by atoms with Gasteiger partial charge in [0.15, 0.2) is 0 Å². The van der Waals surface area contributed by atoms with Gasteiger partial charge in [0.2, 0.25) is 0 Å². The zero-order valence-electron chi connectivity index (χ0n) is 14.3. The number of hydrogen-bond donors (Lipinski definition) is 1. The van der Waals surface area contributed by atoms with E-state index in [-0.39, 0.29) is 5.56 Å². The molecule has 0 spiro atoms. The van der Waals surface area contributed by atoms with Gasteiger partial charge in [0, 0.05) is 28.9 Å². The first-order valence-corrected chi connectivity index (χ1v) is 8.37. The molecular weight excluding hydrogens is 324 g/mol. The number of ether oxygens (including phenoxy) is 1. The van der Waals surface area contributed by atoms with Gasteiger partial charge in [0.1, 0.15) is 5.75 Å². The maximum Gasteiger partial charge on any atom is 0.257 e. The van der Waals surface area contributed by atoms with Crippen molar-refractivity contribution >= 4 is 22.3 Å². The molecule has 3 aromatic carbocycles. The number of methoxy groups -OCH3 is 1. The Morgan fingerprint density at radius 1 is 0.846 bits per heavy atom. The molecule has 128 valence electrons. The van der Waals surface area contributed by atoms with E-state index in [1.807, 2.05) is 78.9 Å². The summed E-state index contributed by atoms with van der Waals surface area (Å²) in [6, 6.07) is 26.8. The minimum Gasteiger partial charge on any atom is -0.497 e. The zero-order valence-corrected chi connectivity index (χ0v) is 14.3. The monoisotopic (exact) mass is 342 g/mol. The second-order valence-electron chi connectivity index (χ2n) is 5.94. The number of pyridine rings is 1. The Bertz CT molecular complexity index is 1120. The Hall–Kier alpha value is -3.53. The van der Waals surface area contributed by atoms with E-state index in [0.717, 1.165) is 33.7 Å². The van der Waals surface area contributed by atoms with Crippen LogP contribution in [0.2, 0.25) is 0 Å². The first-order chi connectivity index (χ1) is 12.8. The van der Waals surface area contributed by atoms with Gasteiger partial charge in [-0.15, -0.1) is 0 Å². The highest BCUT2D eigenvalue weighted by Crippen LogP contribution is 2.27. The number of fused-ring (bicyclic) bond motifs is 1. The molecule has 4 nitrogen and oxygen atoms in total. The third-order valence-corrected chi connectivity index (χ3v) is 4.29. The molecule has 0 fully saturated rings. The normalized spacial score (nSPS) is 10.7. The van der Waals surface area contributed by atoms with Crippen LogP contribution in [-0.2, 0) is 0 Å². The van der Waals surface area contributed by atoms with Crippen molar-refractivity contribution in [3.63, 3.8) is 0 Å². The molecule has 4 rings (SSSR count). The molecule has 4 aromatic rings. The number of nitrogens with one attached hydrogen (secondary N) is 1. The Morgan fingerprint density at radius 3 is 2.42 bits per heavy atom. The fraction of sp³-hybridized carbons (Fsp3) is 0.0455. The van der Waals surface area contributed by atoms with E-state index >= 15 is 0 Å². The number of benzene rings is 3. The molecule has 0 saturated carbocycles. The van der Waals surface area contributed by atoms with Crippen molar-refractivity contribution in [2.75, 3.05) is 12.4 Å². The van der Waals surface area contributed by atoms with Crippen LogP contribution >= 0.6 is 0 Å². The lowest BCUT2D eigenvalue weighted by atomic mass is 10.1. The standard InChI is InChI=1S/C22H18N2O2/c1-26-18-11-7-8-16(14-18)23-20-15-22(25)24(17-9-3-2-4-10-17)21-13-6-5-12-19(20)21/h2-15,23H,1H3. The predicted molar refractivity (Wildman–Crippen MR) is 106 cm³/mol. The SMILES string of the molecule is COc1cccc(Nc2cc(=O)n(-c3ccccc3)c3ccccc23)c1. The van der Waals surface area contributed by atoms with Crippen LogP contribution in [0.1, 0.15) is 0 Å². The molecule has 4 heteroatoms. The fourth-order valence-electron chi connectivity index (χ4n) is 3.08. The van der Waals surface area contributed by atoms with Crippen LogP contribution < -0.4 is 15.6 Å². The molecule has 0 amide bonds. The first kappa shape index (κ1) is 16.0. The molecule has 0 unspecified atom stereocenters. The summed E-state index contributed by atoms with van der Waals surface area (Å²) in [6.07, 6.45) is 0. The summed E-state index contributed by atoms with van der Waals surface area (Å²) < 4.78 is 7.00. The summed E-state index contributed by atoms with van der Waals surface area (Å²) in [5.41, 5.74) is 3.26. The van der Waals surface area contributed by atoms with E-state index in [9.17, 15) is 4.79 Å². The summed E-state index contributed by atoms with van der Waals surface area (Å²) in [5, 5.41) is 4.32. The molecule has 0 atom stereocenters. The lowest BCUT2D eigenvalue weighted by molar-refractivity contribution is 0.415. The second-order valence-corrected chi connectivity index (χ2v) is 5.94. The molecule has 0 aliphatic carbocycles. The molecule has 0 saturated heterocycles. The van der Waals surface area contributed by atoms with Crippen molar-refractivity contribution in [1.29, 1.82) is 0 Å². The van der Waals surface area contributed by atoms with Crippen molar-refractivity contribution in [1.82, 2.24) is 4.57 Å². The molecular formula is C22H18N2O2. The van der Waals surface area contributed by atoms with Crippen LogP contribution in [-0.4, -0.2) is 11.7 Å². The fourth-order valence-corrected chi connectivity index (χ4v) is 3.08. The van der Waals surface area contributed by atoms with Gasteiger partial charge in [-0.3, -0.25) is 9.36 Å². The minimum atomic E-state index is -0.0831. The van der Waals surface area contributed by atoms with Crippen LogP contribution in [0.3, 0.4) is 0 Å². The summed E-state index contributed by atoms with van der Waals surface area (Å²) >= 11 is 0. The van der Waals surface area contributed by atoms with Crippen molar-refractivity contribution in [3.8, 4) is 11.4 Å². The number of anilines is 2. The molecule has 0 radical (unpaired) electrons. The Morgan fingerprint density at radius 2 is 1.62 bits per heavy atom. The molecule has 1 N–H and O–H groups in total. The molecule has 0 bridgehead atoms. The lowest BCUT2D eigenvalue weighted by Gasteiger charge is -2.15. The summed E-state index contributed by atoms with van der Waals surface area (Å²) in [5.74, 6) is 0.761. The summed E-state index contributed by atoms with van der Waals surface area (Å²) in [6.45, 7) is 0. The Labute approximate surface area is 151 Å². The molecule has 0 aliphatic rings. The number of aromatic nitrogens is 1. The largest absolute Gasteiger partial charge is 0.497 e. The maximum absolute atomic E-state index is 12.9. The van der Waals surface area contributed by atoms with Gasteiger partial charge >= 0.3 is 0 Å². The van der Waals surface area contributed by atoms with Gasteiger partial charge in [-0.25, -0.2) is 0 Å². The van der Waals surface area contributed by atoms with Crippen LogP contribution in [0.5, 0.6) is 5.75 Å². The van der Waals surface area contributed by atoms with E-state index in [1.54, 1.807) is 17.7 Å². The molecule has 0 aliphatic heterocycles. The summed E-state index contributed by atoms with van der Waals surface area (Å²) in [4.78, 5) is 12.9. The van der Waals surface area contributed by atoms with E-state index < -0.39 is 0 Å². The van der Waals surface area contributed by atoms with Crippen molar-refractivity contribution < 1.29 is 4.74 Å². The third kappa shape index (κ3) is 2.93. The Balaban J connectivity index is 1.89. The highest BCUT2D eigenvalue weighted by molar-refractivity contribution is 5.94. The maximum atomic E-state index is 12.9. The van der Waals surface area contributed by atoms with Crippen molar-refractivity contribution in [2.24, 2.45) is 0 Å². The highest BCUT2D eigenvalue weighted by Gasteiger charge is 2.10. The Kier molecular flexibility index (Phi) is 4.15. The number of hydrogen-bond acceptors (Lipinski definition) is 3. The van der Waals surface area contributed by atoms with E-state index in [0.29, 0.717) is 0 Å². The van der Waals surface area contributed by atoms with Gasteiger partial charge in [0.05, 0.1) is 18.3 Å². The number of rotatable bonds is 4. The quantitative estimate of drug-likeness (QED) is 0.582. The lowest BCUT2D eigenvalue weighted by Crippen LogP contribution is -2.18. The predicted octanol–water partition coefficient (Wildman–Crippen LogP) is 4.74. The van der Waals surface area contributed by atoms with Crippen molar-refractivity contribution in [2.45, 2.75) is 0 Å². The van der Waals surface area contributed by atoms with Gasteiger partial charge in [0.25, 0.3) is 5.56 Å². The number of nitrogens with zero attached hydrogens (tertiary/aromatic N) is 1. The van der Waals surface area contributed by atoms with Gasteiger partial charge in [-0.05, 0) is 30.3 Å². The second kappa shape index (κ2) is 6.76. The van der Waals surface area contributed by atoms with E-state index in [2.05, 4.69) is 5.32 Å². The number of para-hydroxylation sites is 2. The molecule has 1 heterocycles. The van der Waals surface area contributed by atoms with Gasteiger partial charge in [-0.2, -0.15) is 0 Å². The summed E-state index contributed by atoms with van der Waals surface area (Å²) in [7, 11) is 1.63. The average molecular weight is 342 g/mol. The van der Waals surface area contributed by atoms with Crippen LogP contribution in [0.4, 0.5) is 11.4 Å². The van der Waals surface area contributed by atoms with Crippen LogP contribution in [0.15, 0.2) is 89.7 Å². The average Bonchev–Trinajstić information content (AvgIpc) is 2.69. The van der Waals surface area contributed by atoms with Gasteiger partial charge < -0.3 is 10.1 Å². The smallest absolute Gasteiger partial charge is 0.257 e. The van der Waals surface area contributed by atoms with Crippen LogP contribution in [0, 0.1) is 0 Å². The molecule has 26 heavy (non-hydrogen) atoms. The van der Waals surface area contributed by atoms with E-state index in [1.165, 1.54) is 0 Å². The molecule has 1 aromatic heterocycles. The van der Waals surface area contributed by atoms with Gasteiger partial charge in [-0.1, -0.05) is 42.5 Å². The highest BCUT2D eigenvalue weighted by atomic mass is 16.5. The van der Waals surface area contributed by atoms with Crippen molar-refractivity contribution in [3.05, 3.63) is 95.3 Å². The third-order valence-electron chi connectivity index (χ3n) is 4.29.